The summed E-state index contributed by atoms with van der Waals surface area (Å²) in [4.78, 5) is 11.4. The highest BCUT2D eigenvalue weighted by molar-refractivity contribution is 7.08. The maximum Gasteiger partial charge on any atom is 0.330 e. The van der Waals surface area contributed by atoms with Crippen LogP contribution in [0.5, 0.6) is 0 Å². The maximum atomic E-state index is 11.4. The lowest BCUT2D eigenvalue weighted by atomic mass is 10.2. The predicted octanol–water partition coefficient (Wildman–Crippen LogP) is 1.93. The Hall–Kier alpha value is -1.82. The van der Waals surface area contributed by atoms with Crippen LogP contribution in [0.1, 0.15) is 13.0 Å². The Morgan fingerprint density at radius 1 is 1.65 bits per heavy atom. The topological polar surface area (TPSA) is 70.1 Å². The molecule has 2 rings (SSSR count). The van der Waals surface area contributed by atoms with E-state index in [1.807, 2.05) is 16.8 Å². The fourth-order valence-corrected chi connectivity index (χ4v) is 2.19. The van der Waals surface area contributed by atoms with Crippen molar-refractivity contribution in [3.05, 3.63) is 22.9 Å². The number of carbonyl (C=O) groups excluding carboxylic acids is 1. The minimum Gasteiger partial charge on any atom is -0.467 e. The largest absolute Gasteiger partial charge is 0.467 e. The lowest BCUT2D eigenvalue weighted by Crippen LogP contribution is -2.20. The molecule has 0 aliphatic rings. The molecule has 5 nitrogen and oxygen atoms in total. The summed E-state index contributed by atoms with van der Waals surface area (Å²) < 4.78 is 6.14. The molecule has 0 aliphatic heterocycles. The lowest BCUT2D eigenvalue weighted by molar-refractivity contribution is -0.144. The lowest BCUT2D eigenvalue weighted by Gasteiger charge is -2.10. The van der Waals surface area contributed by atoms with Crippen molar-refractivity contribution in [1.82, 2.24) is 9.78 Å². The van der Waals surface area contributed by atoms with Gasteiger partial charge in [-0.25, -0.2) is 9.48 Å². The van der Waals surface area contributed by atoms with E-state index in [0.29, 0.717) is 5.82 Å². The van der Waals surface area contributed by atoms with Crippen molar-refractivity contribution < 1.29 is 9.53 Å². The van der Waals surface area contributed by atoms with Gasteiger partial charge in [-0.1, -0.05) is 0 Å². The van der Waals surface area contributed by atoms with Crippen LogP contribution in [-0.4, -0.2) is 22.9 Å². The molecule has 17 heavy (non-hydrogen) atoms. The molecule has 1 atom stereocenters. The molecule has 0 unspecified atom stereocenters. The van der Waals surface area contributed by atoms with Gasteiger partial charge >= 0.3 is 5.97 Å². The number of hydrogen-bond acceptors (Lipinski definition) is 5. The molecule has 0 radical (unpaired) electrons. The van der Waals surface area contributed by atoms with Crippen molar-refractivity contribution in [2.45, 2.75) is 13.0 Å². The summed E-state index contributed by atoms with van der Waals surface area (Å²) in [5, 5.41) is 8.27. The fourth-order valence-electron chi connectivity index (χ4n) is 1.54. The molecule has 0 spiro atoms. The Labute approximate surface area is 103 Å². The number of nitrogen functional groups attached to an aromatic ring is 1. The molecule has 90 valence electrons. The third-order valence-corrected chi connectivity index (χ3v) is 3.17. The number of nitrogens with zero attached hydrogens (tertiary/aromatic N) is 2. The van der Waals surface area contributed by atoms with Crippen LogP contribution in [0.15, 0.2) is 22.9 Å². The zero-order valence-corrected chi connectivity index (χ0v) is 10.4. The molecular formula is C11H13N3O2S. The van der Waals surface area contributed by atoms with Gasteiger partial charge in [-0.2, -0.15) is 16.4 Å². The number of nitrogens with two attached hydrogens (primary N) is 1. The Kier molecular flexibility index (Phi) is 3.14. The Morgan fingerprint density at radius 3 is 3.00 bits per heavy atom. The van der Waals surface area contributed by atoms with Crippen molar-refractivity contribution in [1.29, 1.82) is 0 Å². The van der Waals surface area contributed by atoms with Crippen molar-refractivity contribution in [3.8, 4) is 11.3 Å². The summed E-state index contributed by atoms with van der Waals surface area (Å²) in [6.45, 7) is 1.70. The molecule has 0 saturated carbocycles. The van der Waals surface area contributed by atoms with Gasteiger partial charge in [0.05, 0.1) is 12.8 Å². The van der Waals surface area contributed by atoms with E-state index < -0.39 is 6.04 Å². The fraction of sp³-hybridized carbons (Fsp3) is 0.273. The van der Waals surface area contributed by atoms with Crippen LogP contribution in [0, 0.1) is 0 Å². The highest BCUT2D eigenvalue weighted by Crippen LogP contribution is 2.24. The quantitative estimate of drug-likeness (QED) is 0.846. The Bertz CT molecular complexity index is 519. The number of methoxy groups -OCH3 is 1. The zero-order chi connectivity index (χ0) is 12.4. The summed E-state index contributed by atoms with van der Waals surface area (Å²) in [6.07, 6.45) is 0. The predicted molar refractivity (Wildman–Crippen MR) is 66.7 cm³/mol. The molecule has 2 heterocycles. The minimum absolute atomic E-state index is 0.364. The zero-order valence-electron chi connectivity index (χ0n) is 9.58. The molecule has 0 saturated heterocycles. The second-order valence-electron chi connectivity index (χ2n) is 3.61. The van der Waals surface area contributed by atoms with Gasteiger partial charge in [0.2, 0.25) is 0 Å². The second kappa shape index (κ2) is 4.58. The minimum atomic E-state index is -0.521. The van der Waals surface area contributed by atoms with E-state index in [0.717, 1.165) is 11.3 Å². The first-order valence-corrected chi connectivity index (χ1v) is 6.03. The van der Waals surface area contributed by atoms with Crippen molar-refractivity contribution in [2.75, 3.05) is 12.8 Å². The van der Waals surface area contributed by atoms with E-state index >= 15 is 0 Å². The molecule has 0 aliphatic carbocycles. The molecule has 2 aromatic rings. The van der Waals surface area contributed by atoms with Crippen LogP contribution in [0.3, 0.4) is 0 Å². The second-order valence-corrected chi connectivity index (χ2v) is 4.39. The van der Waals surface area contributed by atoms with E-state index in [9.17, 15) is 4.79 Å². The highest BCUT2D eigenvalue weighted by Gasteiger charge is 2.19. The number of carbonyl (C=O) groups is 1. The Morgan fingerprint density at radius 2 is 2.41 bits per heavy atom. The maximum absolute atomic E-state index is 11.4. The highest BCUT2D eigenvalue weighted by atomic mass is 32.1. The number of anilines is 1. The number of thiophene rings is 1. The SMILES string of the molecule is COC(=O)[C@H](C)n1nc(-c2ccsc2)cc1N. The molecule has 0 bridgehead atoms. The van der Waals surface area contributed by atoms with Crippen LogP contribution in [0.25, 0.3) is 11.3 Å². The van der Waals surface area contributed by atoms with E-state index in [-0.39, 0.29) is 5.97 Å². The Balaban J connectivity index is 2.34. The number of esters is 1. The number of ether oxygens (including phenoxy) is 1. The average molecular weight is 251 g/mol. The first kappa shape index (κ1) is 11.7. The van der Waals surface area contributed by atoms with E-state index in [4.69, 9.17) is 5.73 Å². The van der Waals surface area contributed by atoms with Crippen LogP contribution in [-0.2, 0) is 9.53 Å². The van der Waals surface area contributed by atoms with Crippen LogP contribution >= 0.6 is 11.3 Å². The van der Waals surface area contributed by atoms with Gasteiger partial charge < -0.3 is 10.5 Å². The van der Waals surface area contributed by atoms with Gasteiger partial charge in [0, 0.05) is 17.0 Å². The van der Waals surface area contributed by atoms with E-state index in [1.165, 1.54) is 11.8 Å². The standard InChI is InChI=1S/C11H13N3O2S/c1-7(11(15)16-2)14-10(12)5-9(13-14)8-3-4-17-6-8/h3-7H,12H2,1-2H3/t7-/m0/s1. The molecule has 6 heteroatoms. The smallest absolute Gasteiger partial charge is 0.330 e. The van der Waals surface area contributed by atoms with Gasteiger partial charge in [0.1, 0.15) is 11.9 Å². The van der Waals surface area contributed by atoms with Crippen molar-refractivity contribution in [3.63, 3.8) is 0 Å². The number of aromatic nitrogens is 2. The summed E-state index contributed by atoms with van der Waals surface area (Å²) in [5.41, 5.74) is 7.60. The van der Waals surface area contributed by atoms with Crippen molar-refractivity contribution in [2.24, 2.45) is 0 Å². The van der Waals surface area contributed by atoms with Gasteiger partial charge in [-0.15, -0.1) is 0 Å². The summed E-state index contributed by atoms with van der Waals surface area (Å²) in [6, 6.07) is 3.19. The van der Waals surface area contributed by atoms with Crippen molar-refractivity contribution >= 4 is 23.1 Å². The molecular weight excluding hydrogens is 238 g/mol. The van der Waals surface area contributed by atoms with E-state index in [1.54, 1.807) is 24.3 Å². The van der Waals surface area contributed by atoms with Gasteiger partial charge in [0.15, 0.2) is 0 Å². The van der Waals surface area contributed by atoms with Crippen LogP contribution in [0.2, 0.25) is 0 Å². The van der Waals surface area contributed by atoms with Crippen LogP contribution in [0.4, 0.5) is 5.82 Å². The van der Waals surface area contributed by atoms with Crippen LogP contribution < -0.4 is 5.73 Å². The van der Waals surface area contributed by atoms with Gasteiger partial charge in [-0.05, 0) is 18.4 Å². The third kappa shape index (κ3) is 2.16. The monoisotopic (exact) mass is 251 g/mol. The molecule has 2 aromatic heterocycles. The molecule has 0 aromatic carbocycles. The molecule has 2 N–H and O–H groups in total. The summed E-state index contributed by atoms with van der Waals surface area (Å²) >= 11 is 1.59. The third-order valence-electron chi connectivity index (χ3n) is 2.49. The average Bonchev–Trinajstić information content (AvgIpc) is 2.95. The summed E-state index contributed by atoms with van der Waals surface area (Å²) in [5.74, 6) is 0.0840. The molecule has 0 amide bonds. The van der Waals surface area contributed by atoms with Gasteiger partial charge in [-0.3, -0.25) is 0 Å². The number of hydrogen-bond donors (Lipinski definition) is 1. The normalized spacial score (nSPS) is 12.4. The first-order chi connectivity index (χ1) is 8.13. The summed E-state index contributed by atoms with van der Waals surface area (Å²) in [7, 11) is 1.35. The van der Waals surface area contributed by atoms with Gasteiger partial charge in [0.25, 0.3) is 0 Å². The number of rotatable bonds is 3. The first-order valence-electron chi connectivity index (χ1n) is 5.09. The van der Waals surface area contributed by atoms with E-state index in [2.05, 4.69) is 9.84 Å². The molecule has 0 fully saturated rings.